The first kappa shape index (κ1) is 25.5. The Morgan fingerprint density at radius 1 is 1.24 bits per heavy atom. The average molecular weight is 553 g/mol. The van der Waals surface area contributed by atoms with Crippen LogP contribution in [0.4, 0.5) is 5.69 Å². The minimum absolute atomic E-state index is 0. The van der Waals surface area contributed by atoms with Crippen molar-refractivity contribution in [2.75, 3.05) is 19.5 Å². The van der Waals surface area contributed by atoms with Gasteiger partial charge in [-0.05, 0) is 49.7 Å². The molecule has 0 aliphatic rings. The van der Waals surface area contributed by atoms with Gasteiger partial charge in [-0.15, -0.1) is 24.0 Å². The highest BCUT2D eigenvalue weighted by atomic mass is 127. The van der Waals surface area contributed by atoms with E-state index in [4.69, 9.17) is 22.1 Å². The summed E-state index contributed by atoms with van der Waals surface area (Å²) in [6.07, 6.45) is 0. The largest absolute Gasteiger partial charge is 0.495 e. The highest BCUT2D eigenvalue weighted by Gasteiger charge is 2.22. The van der Waals surface area contributed by atoms with Crippen LogP contribution < -0.4 is 15.8 Å². The number of nitrogens with zero attached hydrogens (tertiary/aromatic N) is 2. The van der Waals surface area contributed by atoms with Crippen LogP contribution in [-0.2, 0) is 16.6 Å². The first-order valence-electron chi connectivity index (χ1n) is 8.62. The molecular weight excluding hydrogens is 527 g/mol. The zero-order valence-corrected chi connectivity index (χ0v) is 20.6. The summed E-state index contributed by atoms with van der Waals surface area (Å²) in [4.78, 5) is 4.51. The van der Waals surface area contributed by atoms with Gasteiger partial charge < -0.3 is 15.8 Å². The lowest BCUT2D eigenvalue weighted by atomic mass is 10.2. The van der Waals surface area contributed by atoms with Gasteiger partial charge in [-0.2, -0.15) is 4.31 Å². The number of ether oxygens (including phenoxy) is 1. The van der Waals surface area contributed by atoms with Crippen molar-refractivity contribution in [2.45, 2.75) is 31.3 Å². The first-order chi connectivity index (χ1) is 13.1. The van der Waals surface area contributed by atoms with E-state index in [0.717, 1.165) is 5.56 Å². The van der Waals surface area contributed by atoms with Crippen LogP contribution in [0, 0.1) is 0 Å². The summed E-state index contributed by atoms with van der Waals surface area (Å²) in [5.41, 5.74) is 7.43. The molecule has 0 fully saturated rings. The summed E-state index contributed by atoms with van der Waals surface area (Å²) in [5.74, 6) is 0.790. The van der Waals surface area contributed by atoms with Gasteiger partial charge in [-0.1, -0.05) is 23.7 Å². The van der Waals surface area contributed by atoms with Crippen LogP contribution >= 0.6 is 35.6 Å². The zero-order valence-electron chi connectivity index (χ0n) is 16.7. The van der Waals surface area contributed by atoms with Crippen molar-refractivity contribution < 1.29 is 13.2 Å². The molecule has 2 aromatic carbocycles. The van der Waals surface area contributed by atoms with Crippen LogP contribution in [0.5, 0.6) is 5.75 Å². The van der Waals surface area contributed by atoms with Crippen LogP contribution in [0.3, 0.4) is 0 Å². The number of halogens is 2. The van der Waals surface area contributed by atoms with Crippen LogP contribution in [0.2, 0.25) is 5.02 Å². The van der Waals surface area contributed by atoms with Crippen LogP contribution in [0.15, 0.2) is 52.4 Å². The van der Waals surface area contributed by atoms with E-state index in [-0.39, 0.29) is 40.9 Å². The van der Waals surface area contributed by atoms with Crippen LogP contribution in [-0.4, -0.2) is 38.9 Å². The third kappa shape index (κ3) is 6.73. The lowest BCUT2D eigenvalue weighted by Crippen LogP contribution is -2.33. The third-order valence-electron chi connectivity index (χ3n) is 4.18. The van der Waals surface area contributed by atoms with E-state index in [1.165, 1.54) is 4.31 Å². The fourth-order valence-electron chi connectivity index (χ4n) is 2.32. The molecule has 29 heavy (non-hydrogen) atoms. The maximum atomic E-state index is 12.5. The highest BCUT2D eigenvalue weighted by molar-refractivity contribution is 14.0. The molecule has 0 bridgehead atoms. The summed E-state index contributed by atoms with van der Waals surface area (Å²) >= 11 is 6.08. The number of nitrogens with one attached hydrogen (secondary N) is 1. The van der Waals surface area contributed by atoms with E-state index >= 15 is 0 Å². The zero-order chi connectivity index (χ0) is 20.9. The Morgan fingerprint density at radius 3 is 2.38 bits per heavy atom. The van der Waals surface area contributed by atoms with E-state index in [2.05, 4.69) is 10.3 Å². The number of guanidine groups is 1. The Morgan fingerprint density at radius 2 is 1.86 bits per heavy atom. The number of benzene rings is 2. The molecule has 0 saturated heterocycles. The normalized spacial score (nSPS) is 12.0. The molecular formula is C19H26ClIN4O3S. The Labute approximate surface area is 194 Å². The van der Waals surface area contributed by atoms with E-state index in [9.17, 15) is 8.42 Å². The van der Waals surface area contributed by atoms with Crippen LogP contribution in [0.1, 0.15) is 19.4 Å². The van der Waals surface area contributed by atoms with E-state index < -0.39 is 10.0 Å². The van der Waals surface area contributed by atoms with Gasteiger partial charge in [0.2, 0.25) is 10.0 Å². The minimum atomic E-state index is -3.50. The standard InChI is InChI=1S/C19H25ClN4O3S.HI/c1-13(2)24(3)28(25,26)16-8-5-14(6-9-16)12-22-19(21)23-15-7-10-18(27-4)17(20)11-15;/h5-11,13H,12H2,1-4H3,(H3,21,22,23);1H. The van der Waals surface area contributed by atoms with Gasteiger partial charge in [0.05, 0.1) is 23.6 Å². The molecule has 0 atom stereocenters. The number of anilines is 1. The van der Waals surface area contributed by atoms with Crippen molar-refractivity contribution in [2.24, 2.45) is 10.7 Å². The lowest BCUT2D eigenvalue weighted by Gasteiger charge is -2.21. The summed E-state index contributed by atoms with van der Waals surface area (Å²) in [6, 6.07) is 11.7. The summed E-state index contributed by atoms with van der Waals surface area (Å²) in [6.45, 7) is 3.96. The summed E-state index contributed by atoms with van der Waals surface area (Å²) in [5, 5.41) is 3.41. The Balaban J connectivity index is 0.00000420. The molecule has 160 valence electrons. The van der Waals surface area contributed by atoms with E-state index in [1.54, 1.807) is 56.6 Å². The van der Waals surface area contributed by atoms with Crippen molar-refractivity contribution in [3.05, 3.63) is 53.1 Å². The number of nitrogens with two attached hydrogens (primary N) is 1. The van der Waals surface area contributed by atoms with Gasteiger partial charge in [0.25, 0.3) is 0 Å². The van der Waals surface area contributed by atoms with Crippen molar-refractivity contribution in [3.63, 3.8) is 0 Å². The topological polar surface area (TPSA) is 97.0 Å². The smallest absolute Gasteiger partial charge is 0.243 e. The number of aliphatic imine (C=N–C) groups is 1. The minimum Gasteiger partial charge on any atom is -0.495 e. The second-order valence-corrected chi connectivity index (χ2v) is 8.84. The Hall–Kier alpha value is -1.56. The number of rotatable bonds is 7. The number of methoxy groups -OCH3 is 1. The van der Waals surface area contributed by atoms with Crippen molar-refractivity contribution in [3.8, 4) is 5.75 Å². The van der Waals surface area contributed by atoms with Gasteiger partial charge >= 0.3 is 0 Å². The van der Waals surface area contributed by atoms with Gasteiger partial charge in [-0.25, -0.2) is 13.4 Å². The SMILES string of the molecule is COc1ccc(NC(N)=NCc2ccc(S(=O)(=O)N(C)C(C)C)cc2)cc1Cl.I. The molecule has 0 aliphatic carbocycles. The van der Waals surface area contributed by atoms with Crippen LogP contribution in [0.25, 0.3) is 0 Å². The second kappa shape index (κ2) is 11.0. The molecule has 0 saturated carbocycles. The van der Waals surface area contributed by atoms with Crippen molar-refractivity contribution in [1.29, 1.82) is 0 Å². The summed E-state index contributed by atoms with van der Waals surface area (Å²) in [7, 11) is -0.390. The molecule has 0 unspecified atom stereocenters. The molecule has 0 amide bonds. The molecule has 0 spiro atoms. The fraction of sp³-hybridized carbons (Fsp3) is 0.316. The molecule has 0 heterocycles. The molecule has 10 heteroatoms. The number of sulfonamides is 1. The molecule has 0 aliphatic heterocycles. The molecule has 0 radical (unpaired) electrons. The number of hydrogen-bond acceptors (Lipinski definition) is 4. The molecule has 2 aromatic rings. The predicted molar refractivity (Wildman–Crippen MR) is 129 cm³/mol. The quantitative estimate of drug-likeness (QED) is 0.308. The molecule has 0 aromatic heterocycles. The van der Waals surface area contributed by atoms with Gasteiger partial charge in [-0.3, -0.25) is 0 Å². The number of hydrogen-bond donors (Lipinski definition) is 2. The van der Waals surface area contributed by atoms with Gasteiger partial charge in [0, 0.05) is 18.8 Å². The second-order valence-electron chi connectivity index (χ2n) is 6.43. The van der Waals surface area contributed by atoms with Crippen molar-refractivity contribution >= 4 is 57.2 Å². The summed E-state index contributed by atoms with van der Waals surface area (Å²) < 4.78 is 31.4. The maximum absolute atomic E-state index is 12.5. The lowest BCUT2D eigenvalue weighted by molar-refractivity contribution is 0.410. The Bertz CT molecular complexity index is 950. The fourth-order valence-corrected chi connectivity index (χ4v) is 3.94. The third-order valence-corrected chi connectivity index (χ3v) is 6.53. The first-order valence-corrected chi connectivity index (χ1v) is 10.4. The van der Waals surface area contributed by atoms with Gasteiger partial charge in [0.15, 0.2) is 5.96 Å². The predicted octanol–water partition coefficient (Wildman–Crippen LogP) is 3.92. The van der Waals surface area contributed by atoms with Crippen molar-refractivity contribution in [1.82, 2.24) is 4.31 Å². The van der Waals surface area contributed by atoms with Gasteiger partial charge in [0.1, 0.15) is 5.75 Å². The van der Waals surface area contributed by atoms with E-state index in [0.29, 0.717) is 23.0 Å². The molecule has 3 N–H and O–H groups in total. The molecule has 7 nitrogen and oxygen atoms in total. The average Bonchev–Trinajstić information content (AvgIpc) is 2.66. The van der Waals surface area contributed by atoms with E-state index in [1.807, 2.05) is 13.8 Å². The Kier molecular flexibility index (Phi) is 9.66. The monoisotopic (exact) mass is 552 g/mol. The molecule has 2 rings (SSSR count). The highest BCUT2D eigenvalue weighted by Crippen LogP contribution is 2.27. The maximum Gasteiger partial charge on any atom is 0.243 e.